The zero-order valence-electron chi connectivity index (χ0n) is 9.34. The van der Waals surface area contributed by atoms with Crippen LogP contribution >= 0.6 is 0 Å². The highest BCUT2D eigenvalue weighted by Crippen LogP contribution is 2.27. The maximum absolute atomic E-state index is 13.3. The van der Waals surface area contributed by atoms with Gasteiger partial charge in [0.15, 0.2) is 11.6 Å². The Balaban J connectivity index is 2.38. The Morgan fingerprint density at radius 3 is 2.68 bits per heavy atom. The molecule has 98 valence electrons. The Bertz CT molecular complexity index is 649. The topological polar surface area (TPSA) is 91.3 Å². The number of ether oxygens (including phenoxy) is 1. The fourth-order valence-corrected chi connectivity index (χ4v) is 1.34. The predicted molar refractivity (Wildman–Crippen MR) is 61.7 cm³/mol. The van der Waals surface area contributed by atoms with Gasteiger partial charge in [-0.25, -0.2) is 8.78 Å². The largest absolute Gasteiger partial charge is 0.436 e. The van der Waals surface area contributed by atoms with Gasteiger partial charge in [-0.15, -0.1) is 0 Å². The van der Waals surface area contributed by atoms with Crippen LogP contribution in [-0.2, 0) is 0 Å². The Hall–Kier alpha value is -2.77. The summed E-state index contributed by atoms with van der Waals surface area (Å²) >= 11 is 0. The van der Waals surface area contributed by atoms with Crippen molar-refractivity contribution in [3.63, 3.8) is 0 Å². The highest BCUT2D eigenvalue weighted by Gasteiger charge is 2.13. The van der Waals surface area contributed by atoms with Crippen molar-refractivity contribution in [1.29, 1.82) is 0 Å². The molecule has 1 aromatic carbocycles. The van der Waals surface area contributed by atoms with E-state index in [-0.39, 0.29) is 17.4 Å². The van der Waals surface area contributed by atoms with E-state index in [0.717, 1.165) is 30.3 Å². The van der Waals surface area contributed by atoms with E-state index < -0.39 is 22.3 Å². The minimum absolute atomic E-state index is 0.166. The lowest BCUT2D eigenvalue weighted by molar-refractivity contribution is -0.384. The number of pyridine rings is 1. The Kier molecular flexibility index (Phi) is 3.23. The van der Waals surface area contributed by atoms with Crippen LogP contribution in [0.15, 0.2) is 30.3 Å². The van der Waals surface area contributed by atoms with E-state index in [1.165, 1.54) is 0 Å². The van der Waals surface area contributed by atoms with Crippen LogP contribution in [-0.4, -0.2) is 9.91 Å². The molecule has 0 atom stereocenters. The fraction of sp³-hybridized carbons (Fsp3) is 0. The van der Waals surface area contributed by atoms with E-state index in [4.69, 9.17) is 10.5 Å². The molecule has 2 N–H and O–H groups in total. The van der Waals surface area contributed by atoms with E-state index in [1.807, 2.05) is 0 Å². The molecule has 0 radical (unpaired) electrons. The van der Waals surface area contributed by atoms with Gasteiger partial charge in [-0.05, 0) is 12.1 Å². The zero-order chi connectivity index (χ0) is 14.0. The summed E-state index contributed by atoms with van der Waals surface area (Å²) in [6, 6.07) is 4.56. The Morgan fingerprint density at radius 2 is 2.00 bits per heavy atom. The molecule has 6 nitrogen and oxygen atoms in total. The molecule has 2 rings (SSSR count). The number of aromatic nitrogens is 1. The van der Waals surface area contributed by atoms with Crippen LogP contribution in [0.1, 0.15) is 0 Å². The van der Waals surface area contributed by atoms with Crippen LogP contribution in [0.4, 0.5) is 20.3 Å². The minimum atomic E-state index is -0.826. The van der Waals surface area contributed by atoms with Crippen molar-refractivity contribution in [3.05, 3.63) is 52.1 Å². The van der Waals surface area contributed by atoms with E-state index >= 15 is 0 Å². The third kappa shape index (κ3) is 2.92. The molecule has 0 aliphatic carbocycles. The van der Waals surface area contributed by atoms with Crippen LogP contribution < -0.4 is 10.5 Å². The Morgan fingerprint density at radius 1 is 1.26 bits per heavy atom. The first-order valence-corrected chi connectivity index (χ1v) is 5.00. The van der Waals surface area contributed by atoms with Crippen molar-refractivity contribution in [2.24, 2.45) is 0 Å². The molecule has 1 heterocycles. The zero-order valence-corrected chi connectivity index (χ0v) is 9.34. The van der Waals surface area contributed by atoms with Gasteiger partial charge in [0.1, 0.15) is 11.6 Å². The SMILES string of the molecule is Nc1cc([N+](=O)[O-])cc(Oc2cc(F)ccc2F)n1. The number of anilines is 1. The summed E-state index contributed by atoms with van der Waals surface area (Å²) in [7, 11) is 0. The maximum atomic E-state index is 13.3. The van der Waals surface area contributed by atoms with Crippen LogP contribution in [0.2, 0.25) is 0 Å². The van der Waals surface area contributed by atoms with Crippen molar-refractivity contribution >= 4 is 11.5 Å². The Labute approximate surface area is 105 Å². The van der Waals surface area contributed by atoms with Crippen molar-refractivity contribution in [2.45, 2.75) is 0 Å². The lowest BCUT2D eigenvalue weighted by Gasteiger charge is -2.06. The van der Waals surface area contributed by atoms with Crippen LogP contribution in [0.25, 0.3) is 0 Å². The van der Waals surface area contributed by atoms with Gasteiger partial charge in [0, 0.05) is 6.07 Å². The summed E-state index contributed by atoms with van der Waals surface area (Å²) in [6.07, 6.45) is 0. The van der Waals surface area contributed by atoms with Gasteiger partial charge in [-0.3, -0.25) is 10.1 Å². The average molecular weight is 267 g/mol. The normalized spacial score (nSPS) is 10.2. The molecule has 0 unspecified atom stereocenters. The summed E-state index contributed by atoms with van der Waals surface area (Å²) < 4.78 is 31.2. The molecule has 0 amide bonds. The molecular weight excluding hydrogens is 260 g/mol. The summed E-state index contributed by atoms with van der Waals surface area (Å²) in [4.78, 5) is 13.6. The number of rotatable bonds is 3. The molecule has 0 bridgehead atoms. The van der Waals surface area contributed by atoms with Crippen molar-refractivity contribution in [3.8, 4) is 11.6 Å². The van der Waals surface area contributed by atoms with Crippen LogP contribution in [0.5, 0.6) is 11.6 Å². The highest BCUT2D eigenvalue weighted by atomic mass is 19.1. The third-order valence-electron chi connectivity index (χ3n) is 2.13. The third-order valence-corrected chi connectivity index (χ3v) is 2.13. The lowest BCUT2D eigenvalue weighted by Crippen LogP contribution is -1.98. The number of benzene rings is 1. The molecule has 0 spiro atoms. The molecule has 2 aromatic rings. The fourth-order valence-electron chi connectivity index (χ4n) is 1.34. The van der Waals surface area contributed by atoms with Gasteiger partial charge in [-0.1, -0.05) is 0 Å². The quantitative estimate of drug-likeness (QED) is 0.681. The van der Waals surface area contributed by atoms with E-state index in [0.29, 0.717) is 0 Å². The second-order valence-corrected chi connectivity index (χ2v) is 3.52. The number of nitrogens with two attached hydrogens (primary N) is 1. The van der Waals surface area contributed by atoms with Crippen molar-refractivity contribution in [1.82, 2.24) is 4.98 Å². The number of nitrogen functional groups attached to an aromatic ring is 1. The first kappa shape index (κ1) is 12.7. The van der Waals surface area contributed by atoms with E-state index in [1.54, 1.807) is 0 Å². The highest BCUT2D eigenvalue weighted by molar-refractivity contribution is 5.46. The second-order valence-electron chi connectivity index (χ2n) is 3.52. The molecule has 0 fully saturated rings. The average Bonchev–Trinajstić information content (AvgIpc) is 2.33. The molecule has 19 heavy (non-hydrogen) atoms. The van der Waals surface area contributed by atoms with E-state index in [2.05, 4.69) is 4.98 Å². The van der Waals surface area contributed by atoms with E-state index in [9.17, 15) is 18.9 Å². The van der Waals surface area contributed by atoms with Gasteiger partial charge in [-0.2, -0.15) is 4.98 Å². The lowest BCUT2D eigenvalue weighted by atomic mass is 10.3. The number of hydrogen-bond acceptors (Lipinski definition) is 5. The summed E-state index contributed by atoms with van der Waals surface area (Å²) in [5, 5.41) is 10.6. The van der Waals surface area contributed by atoms with Crippen molar-refractivity contribution < 1.29 is 18.4 Å². The van der Waals surface area contributed by atoms with Crippen molar-refractivity contribution in [2.75, 3.05) is 5.73 Å². The van der Waals surface area contributed by atoms with Crippen LogP contribution in [0, 0.1) is 21.7 Å². The summed E-state index contributed by atoms with van der Waals surface area (Å²) in [5.74, 6) is -2.44. The minimum Gasteiger partial charge on any atom is -0.436 e. The second kappa shape index (κ2) is 4.84. The molecular formula is C11H7F2N3O3. The standard InChI is InChI=1S/C11H7F2N3O3/c12-6-1-2-8(13)9(3-6)19-11-5-7(16(17)18)4-10(14)15-11/h1-5H,(H2,14,15). The molecule has 0 saturated carbocycles. The molecule has 0 saturated heterocycles. The molecule has 8 heteroatoms. The number of nitrogens with zero attached hydrogens (tertiary/aromatic N) is 2. The smallest absolute Gasteiger partial charge is 0.278 e. The number of halogens is 2. The first-order valence-electron chi connectivity index (χ1n) is 5.00. The maximum Gasteiger partial charge on any atom is 0.278 e. The van der Waals surface area contributed by atoms with Gasteiger partial charge in [0.25, 0.3) is 5.69 Å². The number of hydrogen-bond donors (Lipinski definition) is 1. The van der Waals surface area contributed by atoms with Gasteiger partial charge in [0.05, 0.1) is 17.1 Å². The first-order chi connectivity index (χ1) is 8.95. The summed E-state index contributed by atoms with van der Waals surface area (Å²) in [6.45, 7) is 0. The van der Waals surface area contributed by atoms with Gasteiger partial charge >= 0.3 is 0 Å². The summed E-state index contributed by atoms with van der Waals surface area (Å²) in [5.41, 5.74) is 4.99. The van der Waals surface area contributed by atoms with Gasteiger partial charge in [0.2, 0.25) is 5.88 Å². The molecule has 0 aliphatic heterocycles. The molecule has 1 aromatic heterocycles. The van der Waals surface area contributed by atoms with Gasteiger partial charge < -0.3 is 10.5 Å². The molecule has 0 aliphatic rings. The van der Waals surface area contributed by atoms with Crippen LogP contribution in [0.3, 0.4) is 0 Å². The number of nitro groups is 1. The predicted octanol–water partition coefficient (Wildman–Crippen LogP) is 2.64. The monoisotopic (exact) mass is 267 g/mol.